The molecule has 3 rings (SSSR count). The molecular formula is C30H60. The van der Waals surface area contributed by atoms with Gasteiger partial charge in [-0.25, -0.2) is 0 Å². The first-order valence-corrected chi connectivity index (χ1v) is 14.6. The lowest BCUT2D eigenvalue weighted by atomic mass is 9.77. The monoisotopic (exact) mass is 420 g/mol. The Morgan fingerprint density at radius 3 is 1.03 bits per heavy atom. The summed E-state index contributed by atoms with van der Waals surface area (Å²) in [5, 5.41) is 0. The third-order valence-electron chi connectivity index (χ3n) is 9.28. The zero-order chi connectivity index (χ0) is 22.2. The van der Waals surface area contributed by atoms with E-state index in [-0.39, 0.29) is 0 Å². The summed E-state index contributed by atoms with van der Waals surface area (Å²) in [5.74, 6) is 6.42. The molecule has 0 aromatic carbocycles. The fraction of sp³-hybridized carbons (Fsp3) is 1.00. The van der Waals surface area contributed by atoms with Gasteiger partial charge in [0.2, 0.25) is 0 Å². The van der Waals surface area contributed by atoms with Gasteiger partial charge in [0, 0.05) is 0 Å². The summed E-state index contributed by atoms with van der Waals surface area (Å²) in [7, 11) is 0. The molecule has 3 aliphatic rings. The van der Waals surface area contributed by atoms with Gasteiger partial charge in [-0.15, -0.1) is 0 Å². The Balaban J connectivity index is 0.000000225. The first-order valence-electron chi connectivity index (χ1n) is 14.6. The van der Waals surface area contributed by atoms with Crippen molar-refractivity contribution in [2.24, 2.45) is 35.5 Å². The summed E-state index contributed by atoms with van der Waals surface area (Å²) in [5.41, 5.74) is 0. The highest BCUT2D eigenvalue weighted by atomic mass is 14.3. The molecule has 0 heteroatoms. The Morgan fingerprint density at radius 1 is 0.367 bits per heavy atom. The molecule has 180 valence electrons. The SMILES string of the molecule is CCC1CCC(CC)CC1.CCC1CCCC(CC)C1.CCC1CCCCC1CC. The van der Waals surface area contributed by atoms with Crippen molar-refractivity contribution in [3.05, 3.63) is 0 Å². The van der Waals surface area contributed by atoms with E-state index >= 15 is 0 Å². The largest absolute Gasteiger partial charge is 0.0651 e. The van der Waals surface area contributed by atoms with Crippen molar-refractivity contribution in [2.75, 3.05) is 0 Å². The van der Waals surface area contributed by atoms with Gasteiger partial charge in [-0.1, -0.05) is 151 Å². The van der Waals surface area contributed by atoms with Crippen molar-refractivity contribution in [1.29, 1.82) is 0 Å². The summed E-state index contributed by atoms with van der Waals surface area (Å²) in [4.78, 5) is 0. The summed E-state index contributed by atoms with van der Waals surface area (Å²) >= 11 is 0. The smallest absolute Gasteiger partial charge is 0.0389 e. The molecule has 0 heterocycles. The Morgan fingerprint density at radius 2 is 0.733 bits per heavy atom. The lowest BCUT2D eigenvalue weighted by molar-refractivity contribution is 0.224. The van der Waals surface area contributed by atoms with Crippen molar-refractivity contribution in [3.8, 4) is 0 Å². The van der Waals surface area contributed by atoms with Gasteiger partial charge in [0.1, 0.15) is 0 Å². The van der Waals surface area contributed by atoms with Crippen molar-refractivity contribution < 1.29 is 0 Å². The number of rotatable bonds is 6. The van der Waals surface area contributed by atoms with E-state index in [2.05, 4.69) is 41.5 Å². The van der Waals surface area contributed by atoms with Gasteiger partial charge < -0.3 is 0 Å². The number of hydrogen-bond donors (Lipinski definition) is 0. The van der Waals surface area contributed by atoms with Crippen LogP contribution in [0.3, 0.4) is 0 Å². The Hall–Kier alpha value is 0. The molecule has 0 aromatic heterocycles. The zero-order valence-corrected chi connectivity index (χ0v) is 22.2. The van der Waals surface area contributed by atoms with Crippen LogP contribution < -0.4 is 0 Å². The van der Waals surface area contributed by atoms with E-state index in [1.165, 1.54) is 116 Å². The molecule has 3 aliphatic carbocycles. The summed E-state index contributed by atoms with van der Waals surface area (Å²) in [6, 6.07) is 0. The van der Waals surface area contributed by atoms with E-state index < -0.39 is 0 Å². The van der Waals surface area contributed by atoms with Gasteiger partial charge >= 0.3 is 0 Å². The molecule has 0 saturated heterocycles. The minimum atomic E-state index is 1.07. The Kier molecular flexibility index (Phi) is 16.4. The van der Waals surface area contributed by atoms with Crippen LogP contribution in [0.5, 0.6) is 0 Å². The molecule has 0 nitrogen and oxygen atoms in total. The third kappa shape index (κ3) is 11.0. The highest BCUT2D eigenvalue weighted by Crippen LogP contribution is 2.34. The second-order valence-electron chi connectivity index (χ2n) is 11.0. The molecule has 0 N–H and O–H groups in total. The lowest BCUT2D eigenvalue weighted by Crippen LogP contribution is -2.17. The van der Waals surface area contributed by atoms with Crippen molar-refractivity contribution in [3.63, 3.8) is 0 Å². The molecule has 0 aromatic rings. The lowest BCUT2D eigenvalue weighted by Gasteiger charge is -2.29. The Bertz CT molecular complexity index is 330. The van der Waals surface area contributed by atoms with E-state index in [9.17, 15) is 0 Å². The van der Waals surface area contributed by atoms with Crippen LogP contribution in [0.15, 0.2) is 0 Å². The third-order valence-corrected chi connectivity index (χ3v) is 9.28. The average molecular weight is 421 g/mol. The fourth-order valence-electron chi connectivity index (χ4n) is 6.55. The van der Waals surface area contributed by atoms with Crippen LogP contribution in [0, 0.1) is 35.5 Å². The predicted molar refractivity (Wildman–Crippen MR) is 138 cm³/mol. The van der Waals surface area contributed by atoms with Gasteiger partial charge in [0.15, 0.2) is 0 Å². The van der Waals surface area contributed by atoms with Crippen molar-refractivity contribution in [1.82, 2.24) is 0 Å². The second kappa shape index (κ2) is 17.5. The van der Waals surface area contributed by atoms with Crippen LogP contribution >= 0.6 is 0 Å². The molecule has 0 spiro atoms. The van der Waals surface area contributed by atoms with Crippen LogP contribution in [-0.2, 0) is 0 Å². The van der Waals surface area contributed by atoms with Crippen LogP contribution in [0.25, 0.3) is 0 Å². The Labute approximate surface area is 192 Å². The molecule has 0 bridgehead atoms. The molecular weight excluding hydrogens is 360 g/mol. The summed E-state index contributed by atoms with van der Waals surface area (Å²) < 4.78 is 0. The average Bonchev–Trinajstić information content (AvgIpc) is 2.84. The molecule has 0 aliphatic heterocycles. The maximum absolute atomic E-state index is 2.35. The first-order chi connectivity index (χ1) is 14.6. The fourth-order valence-corrected chi connectivity index (χ4v) is 6.55. The van der Waals surface area contributed by atoms with Gasteiger partial charge in [-0.2, -0.15) is 0 Å². The van der Waals surface area contributed by atoms with Crippen LogP contribution in [-0.4, -0.2) is 0 Å². The molecule has 30 heavy (non-hydrogen) atoms. The zero-order valence-electron chi connectivity index (χ0n) is 22.2. The van der Waals surface area contributed by atoms with Gasteiger partial charge in [0.05, 0.1) is 0 Å². The first kappa shape index (κ1) is 28.0. The highest BCUT2D eigenvalue weighted by molar-refractivity contribution is 4.73. The van der Waals surface area contributed by atoms with Crippen LogP contribution in [0.1, 0.15) is 157 Å². The van der Waals surface area contributed by atoms with Gasteiger partial charge in [0.25, 0.3) is 0 Å². The molecule has 0 amide bonds. The van der Waals surface area contributed by atoms with Crippen molar-refractivity contribution >= 4 is 0 Å². The van der Waals surface area contributed by atoms with Crippen LogP contribution in [0.4, 0.5) is 0 Å². The highest BCUT2D eigenvalue weighted by Gasteiger charge is 2.21. The normalized spacial score (nSPS) is 34.2. The molecule has 3 saturated carbocycles. The van der Waals surface area contributed by atoms with E-state index in [1.54, 1.807) is 0 Å². The quantitative estimate of drug-likeness (QED) is 0.400. The van der Waals surface area contributed by atoms with E-state index in [0.29, 0.717) is 0 Å². The molecule has 3 fully saturated rings. The van der Waals surface area contributed by atoms with E-state index in [4.69, 9.17) is 0 Å². The molecule has 0 radical (unpaired) electrons. The standard InChI is InChI=1S/3C10H20/c1-3-9-5-7-10(4-2)8-6-9;1-3-9-6-5-7-10(4-2)8-9;1-3-9-7-5-6-8-10(9)4-2/h3*9-10H,3-8H2,1-2H3. The molecule has 4 unspecified atom stereocenters. The summed E-state index contributed by atoms with van der Waals surface area (Å²) in [6.45, 7) is 14.0. The van der Waals surface area contributed by atoms with E-state index in [0.717, 1.165) is 35.5 Å². The number of hydrogen-bond acceptors (Lipinski definition) is 0. The topological polar surface area (TPSA) is 0 Å². The van der Waals surface area contributed by atoms with E-state index in [1.807, 2.05) is 0 Å². The maximum atomic E-state index is 2.35. The molecule has 4 atom stereocenters. The minimum Gasteiger partial charge on any atom is -0.0651 e. The van der Waals surface area contributed by atoms with Crippen molar-refractivity contribution in [2.45, 2.75) is 157 Å². The predicted octanol–water partition coefficient (Wildman–Crippen LogP) is 10.8. The summed E-state index contributed by atoms with van der Waals surface area (Å²) in [6.07, 6.45) is 26.6. The van der Waals surface area contributed by atoms with Gasteiger partial charge in [-0.05, 0) is 41.9 Å². The minimum absolute atomic E-state index is 1.07. The van der Waals surface area contributed by atoms with Crippen LogP contribution in [0.2, 0.25) is 0 Å². The van der Waals surface area contributed by atoms with Gasteiger partial charge in [-0.3, -0.25) is 0 Å². The maximum Gasteiger partial charge on any atom is -0.0389 e. The second-order valence-corrected chi connectivity index (χ2v) is 11.0.